The van der Waals surface area contributed by atoms with Gasteiger partial charge in [0.15, 0.2) is 0 Å². The zero-order valence-corrected chi connectivity index (χ0v) is 11.1. The summed E-state index contributed by atoms with van der Waals surface area (Å²) in [5.74, 6) is 5.60. The minimum Gasteiger partial charge on any atom is -0.381 e. The number of hydrogen-bond donors (Lipinski definition) is 2. The van der Waals surface area contributed by atoms with Gasteiger partial charge >= 0.3 is 0 Å². The van der Waals surface area contributed by atoms with E-state index in [1.807, 2.05) is 0 Å². The first-order chi connectivity index (χ1) is 8.19. The molecule has 1 rings (SSSR count). The number of hydrogen-bond acceptors (Lipinski definition) is 3. The second-order valence-electron chi connectivity index (χ2n) is 4.46. The monoisotopic (exact) mass is 236 g/mol. The van der Waals surface area contributed by atoms with E-state index in [2.05, 4.69) is 44.4 Å². The predicted molar refractivity (Wildman–Crippen MR) is 71.7 cm³/mol. The number of nitrogens with two attached hydrogens (primary N) is 1. The van der Waals surface area contributed by atoms with Crippen LogP contribution in [0.15, 0.2) is 18.2 Å². The van der Waals surface area contributed by atoms with Crippen molar-refractivity contribution in [2.24, 2.45) is 5.84 Å². The van der Waals surface area contributed by atoms with Gasteiger partial charge in [0, 0.05) is 19.3 Å². The molecule has 1 unspecified atom stereocenters. The van der Waals surface area contributed by atoms with Gasteiger partial charge in [-0.15, -0.1) is 0 Å². The fourth-order valence-corrected chi connectivity index (χ4v) is 1.78. The van der Waals surface area contributed by atoms with Crippen LogP contribution >= 0.6 is 0 Å². The normalized spacial score (nSPS) is 12.7. The summed E-state index contributed by atoms with van der Waals surface area (Å²) in [5, 5.41) is 0. The van der Waals surface area contributed by atoms with Crippen molar-refractivity contribution in [1.82, 2.24) is 5.43 Å². The fraction of sp³-hybridized carbons (Fsp3) is 0.571. The Hall–Kier alpha value is -0.900. The van der Waals surface area contributed by atoms with E-state index in [1.54, 1.807) is 0 Å². The second-order valence-corrected chi connectivity index (χ2v) is 4.46. The molecule has 1 atom stereocenters. The molecule has 96 valence electrons. The summed E-state index contributed by atoms with van der Waals surface area (Å²) in [5.41, 5.74) is 6.71. The number of ether oxygens (including phenoxy) is 1. The van der Waals surface area contributed by atoms with Crippen LogP contribution in [0.2, 0.25) is 0 Å². The third-order valence-electron chi connectivity index (χ3n) is 3.03. The predicted octanol–water partition coefficient (Wildman–Crippen LogP) is 2.62. The van der Waals surface area contributed by atoms with Gasteiger partial charge in [0.2, 0.25) is 0 Å². The van der Waals surface area contributed by atoms with E-state index < -0.39 is 0 Å². The summed E-state index contributed by atoms with van der Waals surface area (Å²) in [4.78, 5) is 0. The molecule has 0 radical (unpaired) electrons. The Bertz CT molecular complexity index is 339. The van der Waals surface area contributed by atoms with E-state index in [9.17, 15) is 0 Å². The van der Waals surface area contributed by atoms with Crippen LogP contribution in [0, 0.1) is 13.8 Å². The Morgan fingerprint density at radius 1 is 1.24 bits per heavy atom. The summed E-state index contributed by atoms with van der Waals surface area (Å²) in [6, 6.07) is 6.64. The summed E-state index contributed by atoms with van der Waals surface area (Å²) < 4.78 is 5.50. The minimum atomic E-state index is 0.172. The SMILES string of the molecule is CCCOCCC(NN)c1ccc(C)c(C)c1. The average Bonchev–Trinajstić information content (AvgIpc) is 2.33. The lowest BCUT2D eigenvalue weighted by Gasteiger charge is -2.17. The van der Waals surface area contributed by atoms with Crippen molar-refractivity contribution in [2.45, 2.75) is 39.7 Å². The first kappa shape index (κ1) is 14.2. The largest absolute Gasteiger partial charge is 0.381 e. The number of hydrazine groups is 1. The standard InChI is InChI=1S/C14H24N2O/c1-4-8-17-9-7-14(16-15)13-6-5-11(2)12(3)10-13/h5-6,10,14,16H,4,7-9,15H2,1-3H3. The van der Waals surface area contributed by atoms with Crippen LogP contribution in [0.1, 0.15) is 42.5 Å². The Balaban J connectivity index is 2.56. The molecular formula is C14H24N2O. The van der Waals surface area contributed by atoms with Gasteiger partial charge in [-0.1, -0.05) is 25.1 Å². The molecule has 0 fully saturated rings. The van der Waals surface area contributed by atoms with E-state index in [0.29, 0.717) is 0 Å². The Morgan fingerprint density at radius 3 is 2.59 bits per heavy atom. The van der Waals surface area contributed by atoms with Gasteiger partial charge in [0.05, 0.1) is 0 Å². The summed E-state index contributed by atoms with van der Waals surface area (Å²) >= 11 is 0. The van der Waals surface area contributed by atoms with Gasteiger partial charge < -0.3 is 4.74 Å². The van der Waals surface area contributed by atoms with Crippen molar-refractivity contribution in [3.63, 3.8) is 0 Å². The highest BCUT2D eigenvalue weighted by Crippen LogP contribution is 2.19. The molecular weight excluding hydrogens is 212 g/mol. The van der Waals surface area contributed by atoms with E-state index >= 15 is 0 Å². The van der Waals surface area contributed by atoms with Crippen molar-refractivity contribution in [1.29, 1.82) is 0 Å². The lowest BCUT2D eigenvalue weighted by atomic mass is 10.00. The molecule has 1 aromatic rings. The lowest BCUT2D eigenvalue weighted by Crippen LogP contribution is -2.29. The molecule has 0 saturated heterocycles. The molecule has 17 heavy (non-hydrogen) atoms. The van der Waals surface area contributed by atoms with Crippen LogP contribution in [-0.4, -0.2) is 13.2 Å². The zero-order chi connectivity index (χ0) is 12.7. The highest BCUT2D eigenvalue weighted by Gasteiger charge is 2.09. The Morgan fingerprint density at radius 2 is 2.00 bits per heavy atom. The Labute approximate surface area is 104 Å². The topological polar surface area (TPSA) is 47.3 Å². The quantitative estimate of drug-likeness (QED) is 0.434. The van der Waals surface area contributed by atoms with Crippen molar-refractivity contribution in [3.8, 4) is 0 Å². The maximum absolute atomic E-state index is 5.60. The summed E-state index contributed by atoms with van der Waals surface area (Å²) in [6.07, 6.45) is 1.96. The van der Waals surface area contributed by atoms with Crippen LogP contribution in [0.4, 0.5) is 0 Å². The van der Waals surface area contributed by atoms with Crippen molar-refractivity contribution in [2.75, 3.05) is 13.2 Å². The molecule has 1 aromatic carbocycles. The molecule has 3 heteroatoms. The van der Waals surface area contributed by atoms with Gasteiger partial charge in [-0.2, -0.15) is 0 Å². The van der Waals surface area contributed by atoms with Gasteiger partial charge in [-0.05, 0) is 43.4 Å². The highest BCUT2D eigenvalue weighted by atomic mass is 16.5. The molecule has 0 aliphatic heterocycles. The molecule has 0 amide bonds. The first-order valence-corrected chi connectivity index (χ1v) is 6.30. The second kappa shape index (κ2) is 7.43. The molecule has 0 bridgehead atoms. The third kappa shape index (κ3) is 4.46. The molecule has 0 heterocycles. The fourth-order valence-electron chi connectivity index (χ4n) is 1.78. The first-order valence-electron chi connectivity index (χ1n) is 6.30. The van der Waals surface area contributed by atoms with E-state index in [-0.39, 0.29) is 6.04 Å². The van der Waals surface area contributed by atoms with Gasteiger partial charge in [0.1, 0.15) is 0 Å². The lowest BCUT2D eigenvalue weighted by molar-refractivity contribution is 0.124. The van der Waals surface area contributed by atoms with Crippen LogP contribution in [0.5, 0.6) is 0 Å². The summed E-state index contributed by atoms with van der Waals surface area (Å²) in [7, 11) is 0. The number of rotatable bonds is 7. The number of nitrogens with one attached hydrogen (secondary N) is 1. The van der Waals surface area contributed by atoms with Crippen LogP contribution in [0.25, 0.3) is 0 Å². The smallest absolute Gasteiger partial charge is 0.0484 e. The third-order valence-corrected chi connectivity index (χ3v) is 3.03. The van der Waals surface area contributed by atoms with Gasteiger partial charge in [-0.25, -0.2) is 0 Å². The van der Waals surface area contributed by atoms with E-state index in [1.165, 1.54) is 16.7 Å². The summed E-state index contributed by atoms with van der Waals surface area (Å²) in [6.45, 7) is 7.93. The van der Waals surface area contributed by atoms with E-state index in [4.69, 9.17) is 10.6 Å². The average molecular weight is 236 g/mol. The van der Waals surface area contributed by atoms with Crippen LogP contribution in [0.3, 0.4) is 0 Å². The minimum absolute atomic E-state index is 0.172. The van der Waals surface area contributed by atoms with Crippen LogP contribution in [-0.2, 0) is 4.74 Å². The molecule has 0 aliphatic rings. The van der Waals surface area contributed by atoms with Gasteiger partial charge in [-0.3, -0.25) is 11.3 Å². The van der Waals surface area contributed by atoms with Crippen molar-refractivity contribution >= 4 is 0 Å². The molecule has 0 aromatic heterocycles. The van der Waals surface area contributed by atoms with Crippen molar-refractivity contribution in [3.05, 3.63) is 34.9 Å². The molecule has 3 N–H and O–H groups in total. The van der Waals surface area contributed by atoms with Gasteiger partial charge in [0.25, 0.3) is 0 Å². The van der Waals surface area contributed by atoms with Crippen LogP contribution < -0.4 is 11.3 Å². The Kier molecular flexibility index (Phi) is 6.19. The molecule has 0 aliphatic carbocycles. The zero-order valence-electron chi connectivity index (χ0n) is 11.1. The molecule has 0 spiro atoms. The van der Waals surface area contributed by atoms with Crippen molar-refractivity contribution < 1.29 is 4.74 Å². The number of benzene rings is 1. The number of aryl methyl sites for hydroxylation is 2. The molecule has 3 nitrogen and oxygen atoms in total. The van der Waals surface area contributed by atoms with E-state index in [0.717, 1.165) is 26.1 Å². The maximum Gasteiger partial charge on any atom is 0.0484 e. The highest BCUT2D eigenvalue weighted by molar-refractivity contribution is 5.31. The molecule has 0 saturated carbocycles. The maximum atomic E-state index is 5.60.